The van der Waals surface area contributed by atoms with Crippen LogP contribution in [0.5, 0.6) is 0 Å². The number of hydrogen-bond donors (Lipinski definition) is 0. The van der Waals surface area contributed by atoms with E-state index in [9.17, 15) is 4.79 Å². The van der Waals surface area contributed by atoms with E-state index >= 15 is 0 Å². The molecule has 28 heavy (non-hydrogen) atoms. The summed E-state index contributed by atoms with van der Waals surface area (Å²) in [6.07, 6.45) is 10.8. The van der Waals surface area contributed by atoms with Gasteiger partial charge in [0.15, 0.2) is 0 Å². The van der Waals surface area contributed by atoms with E-state index in [1.54, 1.807) is 0 Å². The highest BCUT2D eigenvalue weighted by Crippen LogP contribution is 2.36. The first kappa shape index (κ1) is 20.3. The van der Waals surface area contributed by atoms with Gasteiger partial charge in [-0.2, -0.15) is 5.10 Å². The summed E-state index contributed by atoms with van der Waals surface area (Å²) in [5, 5.41) is 4.37. The van der Waals surface area contributed by atoms with Crippen molar-refractivity contribution in [3.8, 4) is 0 Å². The topological polar surface area (TPSA) is 47.4 Å². The van der Waals surface area contributed by atoms with Crippen LogP contribution in [0.4, 0.5) is 0 Å². The molecule has 1 aromatic heterocycles. The summed E-state index contributed by atoms with van der Waals surface area (Å²) >= 11 is 0. The standard InChI is InChI=1S/C23H31N3O2/c1-3-26-18-21(16-24-26)17-25-15-9-14-23(19-25,22(27)28-4-2)13-8-12-20-10-6-5-7-11-20/h5-8,10-12,16,18H,3-4,9,13-15,17,19H2,1-2H3/b12-8+. The maximum atomic E-state index is 12.9. The van der Waals surface area contributed by atoms with Crippen molar-refractivity contribution in [2.24, 2.45) is 5.41 Å². The van der Waals surface area contributed by atoms with Crippen LogP contribution in [0.3, 0.4) is 0 Å². The Hall–Kier alpha value is -2.40. The van der Waals surface area contributed by atoms with E-state index in [4.69, 9.17) is 4.74 Å². The molecule has 1 atom stereocenters. The first-order valence-electron chi connectivity index (χ1n) is 10.3. The van der Waals surface area contributed by atoms with Crippen molar-refractivity contribution < 1.29 is 9.53 Å². The average molecular weight is 382 g/mol. The number of benzene rings is 1. The number of allylic oxidation sites excluding steroid dienone is 1. The molecule has 1 fully saturated rings. The highest BCUT2D eigenvalue weighted by molar-refractivity contribution is 5.77. The lowest BCUT2D eigenvalue weighted by atomic mass is 9.76. The molecule has 0 spiro atoms. The Morgan fingerprint density at radius 2 is 2.11 bits per heavy atom. The van der Waals surface area contributed by atoms with Gasteiger partial charge in [-0.25, -0.2) is 0 Å². The van der Waals surface area contributed by atoms with E-state index in [-0.39, 0.29) is 5.97 Å². The molecule has 5 nitrogen and oxygen atoms in total. The van der Waals surface area contributed by atoms with E-state index < -0.39 is 5.41 Å². The lowest BCUT2D eigenvalue weighted by Gasteiger charge is -2.40. The number of aryl methyl sites for hydroxylation is 1. The lowest BCUT2D eigenvalue weighted by molar-refractivity contribution is -0.159. The second-order valence-electron chi connectivity index (χ2n) is 7.54. The van der Waals surface area contributed by atoms with Crippen molar-refractivity contribution in [1.82, 2.24) is 14.7 Å². The molecule has 1 unspecified atom stereocenters. The van der Waals surface area contributed by atoms with Crippen LogP contribution < -0.4 is 0 Å². The first-order chi connectivity index (χ1) is 13.6. The number of carbonyl (C=O) groups is 1. The van der Waals surface area contributed by atoms with Crippen molar-refractivity contribution >= 4 is 12.0 Å². The predicted octanol–water partition coefficient (Wildman–Crippen LogP) is 4.15. The van der Waals surface area contributed by atoms with Gasteiger partial charge in [-0.05, 0) is 45.2 Å². The molecule has 150 valence electrons. The van der Waals surface area contributed by atoms with Gasteiger partial charge in [0.1, 0.15) is 0 Å². The molecule has 3 rings (SSSR count). The SMILES string of the molecule is CCOC(=O)C1(C/C=C/c2ccccc2)CCCN(Cc2cnn(CC)c2)C1. The van der Waals surface area contributed by atoms with E-state index in [0.717, 1.165) is 44.6 Å². The van der Waals surface area contributed by atoms with Crippen molar-refractivity contribution in [1.29, 1.82) is 0 Å². The van der Waals surface area contributed by atoms with Crippen molar-refractivity contribution in [3.05, 3.63) is 59.9 Å². The number of ether oxygens (including phenoxy) is 1. The molecule has 5 heteroatoms. The molecule has 2 heterocycles. The predicted molar refractivity (Wildman–Crippen MR) is 112 cm³/mol. The summed E-state index contributed by atoms with van der Waals surface area (Å²) in [6, 6.07) is 10.2. The van der Waals surface area contributed by atoms with Crippen LogP contribution in [0, 0.1) is 5.41 Å². The third-order valence-electron chi connectivity index (χ3n) is 5.40. The first-order valence-corrected chi connectivity index (χ1v) is 10.3. The minimum Gasteiger partial charge on any atom is -0.466 e. The summed E-state index contributed by atoms with van der Waals surface area (Å²) < 4.78 is 7.44. The number of piperidine rings is 1. The molecule has 1 saturated heterocycles. The summed E-state index contributed by atoms with van der Waals surface area (Å²) in [5.41, 5.74) is 1.88. The van der Waals surface area contributed by atoms with Crippen LogP contribution in [0.25, 0.3) is 6.08 Å². The van der Waals surface area contributed by atoms with Gasteiger partial charge in [0.25, 0.3) is 0 Å². The van der Waals surface area contributed by atoms with Gasteiger partial charge >= 0.3 is 5.97 Å². The molecule has 0 saturated carbocycles. The molecule has 1 aliphatic heterocycles. The highest BCUT2D eigenvalue weighted by Gasteiger charge is 2.42. The fourth-order valence-corrected chi connectivity index (χ4v) is 3.97. The Labute approximate surface area is 168 Å². The van der Waals surface area contributed by atoms with Gasteiger partial charge < -0.3 is 4.74 Å². The molecular formula is C23H31N3O2. The monoisotopic (exact) mass is 381 g/mol. The molecule has 0 aliphatic carbocycles. The van der Waals surface area contributed by atoms with Crippen LogP contribution in [0.2, 0.25) is 0 Å². The third-order valence-corrected chi connectivity index (χ3v) is 5.40. The zero-order chi connectivity index (χ0) is 19.8. The van der Waals surface area contributed by atoms with Gasteiger partial charge in [0.2, 0.25) is 0 Å². The van der Waals surface area contributed by atoms with Crippen LogP contribution >= 0.6 is 0 Å². The molecule has 0 radical (unpaired) electrons. The number of hydrogen-bond acceptors (Lipinski definition) is 4. The van der Waals surface area contributed by atoms with Gasteiger partial charge in [-0.15, -0.1) is 0 Å². The smallest absolute Gasteiger partial charge is 0.313 e. The Bertz CT molecular complexity index is 784. The minimum absolute atomic E-state index is 0.0679. The average Bonchev–Trinajstić information content (AvgIpc) is 3.17. The Kier molecular flexibility index (Phi) is 7.04. The zero-order valence-corrected chi connectivity index (χ0v) is 17.0. The molecule has 2 aromatic rings. The minimum atomic E-state index is -0.472. The Morgan fingerprint density at radius 3 is 2.82 bits per heavy atom. The van der Waals surface area contributed by atoms with Crippen LogP contribution in [-0.4, -0.2) is 40.3 Å². The fourth-order valence-electron chi connectivity index (χ4n) is 3.97. The van der Waals surface area contributed by atoms with Crippen molar-refractivity contribution in [2.45, 2.75) is 46.2 Å². The largest absolute Gasteiger partial charge is 0.466 e. The van der Waals surface area contributed by atoms with E-state index in [0.29, 0.717) is 13.0 Å². The number of rotatable bonds is 8. The van der Waals surface area contributed by atoms with E-state index in [1.807, 2.05) is 36.0 Å². The zero-order valence-electron chi connectivity index (χ0n) is 17.0. The molecular weight excluding hydrogens is 350 g/mol. The molecule has 0 amide bonds. The van der Waals surface area contributed by atoms with Crippen molar-refractivity contribution in [2.75, 3.05) is 19.7 Å². The van der Waals surface area contributed by atoms with Crippen LogP contribution in [0.15, 0.2) is 48.8 Å². The maximum Gasteiger partial charge on any atom is 0.313 e. The highest BCUT2D eigenvalue weighted by atomic mass is 16.5. The second-order valence-corrected chi connectivity index (χ2v) is 7.54. The normalized spacial score (nSPS) is 20.5. The number of aromatic nitrogens is 2. The molecule has 0 bridgehead atoms. The van der Waals surface area contributed by atoms with Crippen LogP contribution in [0.1, 0.15) is 44.2 Å². The Balaban J connectivity index is 1.72. The molecule has 1 aliphatic rings. The van der Waals surface area contributed by atoms with Gasteiger partial charge in [0.05, 0.1) is 18.2 Å². The number of esters is 1. The van der Waals surface area contributed by atoms with Gasteiger partial charge in [-0.1, -0.05) is 42.5 Å². The number of likely N-dealkylation sites (tertiary alicyclic amines) is 1. The third kappa shape index (κ3) is 5.10. The van der Waals surface area contributed by atoms with E-state index in [1.165, 1.54) is 5.56 Å². The summed E-state index contributed by atoms with van der Waals surface area (Å²) in [4.78, 5) is 15.3. The summed E-state index contributed by atoms with van der Waals surface area (Å²) in [6.45, 7) is 7.81. The van der Waals surface area contributed by atoms with Crippen molar-refractivity contribution in [3.63, 3.8) is 0 Å². The Morgan fingerprint density at radius 1 is 1.29 bits per heavy atom. The summed E-state index contributed by atoms with van der Waals surface area (Å²) in [7, 11) is 0. The fraction of sp³-hybridized carbons (Fsp3) is 0.478. The lowest BCUT2D eigenvalue weighted by Crippen LogP contribution is -2.48. The van der Waals surface area contributed by atoms with Gasteiger partial charge in [-0.3, -0.25) is 14.4 Å². The number of nitrogens with zero attached hydrogens (tertiary/aromatic N) is 3. The number of carbonyl (C=O) groups excluding carboxylic acids is 1. The second kappa shape index (κ2) is 9.69. The maximum absolute atomic E-state index is 12.9. The summed E-state index contributed by atoms with van der Waals surface area (Å²) in [5.74, 6) is -0.0679. The van der Waals surface area contributed by atoms with E-state index in [2.05, 4.69) is 47.4 Å². The quantitative estimate of drug-likeness (QED) is 0.645. The van der Waals surface area contributed by atoms with Gasteiger partial charge in [0, 0.05) is 31.4 Å². The van der Waals surface area contributed by atoms with Crippen LogP contribution in [-0.2, 0) is 22.6 Å². The molecule has 1 aromatic carbocycles. The molecule has 0 N–H and O–H groups in total.